The number of nitrogens with zero attached hydrogens (tertiary/aromatic N) is 1. The third-order valence-corrected chi connectivity index (χ3v) is 5.09. The molecule has 0 amide bonds. The lowest BCUT2D eigenvalue weighted by molar-refractivity contribution is 0.581. The van der Waals surface area contributed by atoms with E-state index in [1.165, 1.54) is 12.3 Å². The Labute approximate surface area is 115 Å². The highest BCUT2D eigenvalue weighted by Crippen LogP contribution is 2.22. The molecule has 4 nitrogen and oxygen atoms in total. The molecule has 1 aromatic heterocycles. The van der Waals surface area contributed by atoms with Gasteiger partial charge in [-0.3, -0.25) is 0 Å². The fourth-order valence-electron chi connectivity index (χ4n) is 0.944. The minimum absolute atomic E-state index is 0.0141. The van der Waals surface area contributed by atoms with Gasteiger partial charge in [-0.05, 0) is 12.3 Å². The maximum atomic E-state index is 11.9. The first-order chi connectivity index (χ1) is 7.86. The van der Waals surface area contributed by atoms with Gasteiger partial charge in [0.1, 0.15) is 10.0 Å². The third kappa shape index (κ3) is 4.30. The number of hydrogen-bond acceptors (Lipinski definition) is 4. The normalized spacial score (nSPS) is 13.6. The third-order valence-electron chi connectivity index (χ3n) is 2.04. The van der Waals surface area contributed by atoms with Gasteiger partial charge in [-0.15, -0.1) is 0 Å². The summed E-state index contributed by atoms with van der Waals surface area (Å²) in [4.78, 5) is 3.72. The molecule has 17 heavy (non-hydrogen) atoms. The first-order valence-corrected chi connectivity index (χ1v) is 8.23. The Bertz CT molecular complexity index is 494. The molecule has 1 rings (SSSR count). The molecule has 1 N–H and O–H groups in total. The van der Waals surface area contributed by atoms with Gasteiger partial charge >= 0.3 is 0 Å². The zero-order valence-electron chi connectivity index (χ0n) is 9.28. The van der Waals surface area contributed by atoms with E-state index in [1.54, 1.807) is 11.8 Å². The van der Waals surface area contributed by atoms with Crippen molar-refractivity contribution >= 4 is 45.0 Å². The van der Waals surface area contributed by atoms with Crippen LogP contribution in [0.15, 0.2) is 17.2 Å². The highest BCUT2D eigenvalue weighted by Gasteiger charge is 2.16. The quantitative estimate of drug-likeness (QED) is 0.848. The monoisotopic (exact) mass is 314 g/mol. The van der Waals surface area contributed by atoms with Gasteiger partial charge in [-0.25, -0.2) is 18.1 Å². The SMILES string of the molecule is CSC(C)CNS(=O)(=O)c1cnc(Cl)c(Cl)c1. The molecule has 0 spiro atoms. The molecule has 0 bridgehead atoms. The maximum absolute atomic E-state index is 11.9. The molecule has 0 radical (unpaired) electrons. The van der Waals surface area contributed by atoms with Crippen molar-refractivity contribution in [2.24, 2.45) is 0 Å². The topological polar surface area (TPSA) is 59.1 Å². The van der Waals surface area contributed by atoms with E-state index in [0.717, 1.165) is 0 Å². The van der Waals surface area contributed by atoms with E-state index >= 15 is 0 Å². The highest BCUT2D eigenvalue weighted by molar-refractivity contribution is 7.99. The number of nitrogens with one attached hydrogen (secondary N) is 1. The average Bonchev–Trinajstić information content (AvgIpc) is 2.29. The largest absolute Gasteiger partial charge is 0.242 e. The second-order valence-corrected chi connectivity index (χ2v) is 7.15. The van der Waals surface area contributed by atoms with E-state index < -0.39 is 10.0 Å². The van der Waals surface area contributed by atoms with Crippen molar-refractivity contribution in [1.82, 2.24) is 9.71 Å². The minimum atomic E-state index is -3.57. The van der Waals surface area contributed by atoms with E-state index in [1.807, 2.05) is 13.2 Å². The number of halogens is 2. The summed E-state index contributed by atoms with van der Waals surface area (Å²) in [6, 6.07) is 1.28. The lowest BCUT2D eigenvalue weighted by atomic mass is 10.5. The van der Waals surface area contributed by atoms with Crippen molar-refractivity contribution in [2.75, 3.05) is 12.8 Å². The number of sulfonamides is 1. The molecule has 0 fully saturated rings. The van der Waals surface area contributed by atoms with Crippen LogP contribution in [-0.4, -0.2) is 31.5 Å². The fourth-order valence-corrected chi connectivity index (χ4v) is 2.73. The van der Waals surface area contributed by atoms with Crippen LogP contribution in [0, 0.1) is 0 Å². The van der Waals surface area contributed by atoms with Crippen LogP contribution >= 0.6 is 35.0 Å². The van der Waals surface area contributed by atoms with Crippen LogP contribution in [0.5, 0.6) is 0 Å². The second kappa shape index (κ2) is 6.24. The number of thioether (sulfide) groups is 1. The van der Waals surface area contributed by atoms with Gasteiger partial charge in [0.05, 0.1) is 5.02 Å². The molecule has 96 valence electrons. The molecular formula is C9H12Cl2N2O2S2. The smallest absolute Gasteiger partial charge is 0.242 e. The van der Waals surface area contributed by atoms with Crippen molar-refractivity contribution in [2.45, 2.75) is 17.1 Å². The summed E-state index contributed by atoms with van der Waals surface area (Å²) >= 11 is 12.9. The molecule has 1 unspecified atom stereocenters. The Morgan fingerprint density at radius 3 is 2.71 bits per heavy atom. The molecule has 0 aliphatic carbocycles. The summed E-state index contributed by atoms with van der Waals surface area (Å²) in [6.07, 6.45) is 3.10. The van der Waals surface area contributed by atoms with Gasteiger partial charge in [-0.2, -0.15) is 11.8 Å². The van der Waals surface area contributed by atoms with Crippen molar-refractivity contribution < 1.29 is 8.42 Å². The van der Waals surface area contributed by atoms with Crippen molar-refractivity contribution in [3.8, 4) is 0 Å². The Morgan fingerprint density at radius 1 is 1.53 bits per heavy atom. The fraction of sp³-hybridized carbons (Fsp3) is 0.444. The molecular weight excluding hydrogens is 303 g/mol. The number of hydrogen-bond donors (Lipinski definition) is 1. The second-order valence-electron chi connectivity index (χ2n) is 3.34. The summed E-state index contributed by atoms with van der Waals surface area (Å²) in [5, 5.41) is 0.399. The van der Waals surface area contributed by atoms with Gasteiger partial charge in [-0.1, -0.05) is 30.1 Å². The van der Waals surface area contributed by atoms with Crippen LogP contribution in [0.2, 0.25) is 10.2 Å². The average molecular weight is 315 g/mol. The zero-order valence-corrected chi connectivity index (χ0v) is 12.4. The first-order valence-electron chi connectivity index (χ1n) is 4.70. The van der Waals surface area contributed by atoms with Crippen LogP contribution in [0.1, 0.15) is 6.92 Å². The Kier molecular flexibility index (Phi) is 5.53. The summed E-state index contributed by atoms with van der Waals surface area (Å²) in [7, 11) is -3.57. The van der Waals surface area contributed by atoms with Gasteiger partial charge in [0, 0.05) is 18.0 Å². The van der Waals surface area contributed by atoms with Crippen molar-refractivity contribution in [1.29, 1.82) is 0 Å². The van der Waals surface area contributed by atoms with Crippen molar-refractivity contribution in [3.05, 3.63) is 22.4 Å². The highest BCUT2D eigenvalue weighted by atomic mass is 35.5. The van der Waals surface area contributed by atoms with E-state index in [0.29, 0.717) is 6.54 Å². The molecule has 1 heterocycles. The summed E-state index contributed by atoms with van der Waals surface area (Å²) in [5.74, 6) is 0. The standard InChI is InChI=1S/C9H12Cl2N2O2S2/c1-6(16-2)4-13-17(14,15)7-3-8(10)9(11)12-5-7/h3,5-6,13H,4H2,1-2H3. The molecule has 0 saturated carbocycles. The van der Waals surface area contributed by atoms with E-state index in [2.05, 4.69) is 9.71 Å². The lowest BCUT2D eigenvalue weighted by Gasteiger charge is -2.10. The predicted octanol–water partition coefficient (Wildman–Crippen LogP) is 2.42. The van der Waals surface area contributed by atoms with Crippen molar-refractivity contribution in [3.63, 3.8) is 0 Å². The molecule has 8 heteroatoms. The van der Waals surface area contributed by atoms with E-state index in [-0.39, 0.29) is 20.3 Å². The Balaban J connectivity index is 2.86. The van der Waals surface area contributed by atoms with Crippen LogP contribution in [0.25, 0.3) is 0 Å². The number of pyridine rings is 1. The molecule has 0 aliphatic rings. The zero-order chi connectivity index (χ0) is 13.1. The molecule has 0 aromatic carbocycles. The van der Waals surface area contributed by atoms with Gasteiger partial charge in [0.2, 0.25) is 10.0 Å². The van der Waals surface area contributed by atoms with Gasteiger partial charge in [0.15, 0.2) is 0 Å². The first kappa shape index (κ1) is 15.0. The molecule has 0 saturated heterocycles. The van der Waals surface area contributed by atoms with Crippen LogP contribution in [0.3, 0.4) is 0 Å². The van der Waals surface area contributed by atoms with Crippen LogP contribution in [-0.2, 0) is 10.0 Å². The van der Waals surface area contributed by atoms with Crippen LogP contribution in [0.4, 0.5) is 0 Å². The molecule has 1 atom stereocenters. The number of rotatable bonds is 5. The van der Waals surface area contributed by atoms with E-state index in [9.17, 15) is 8.42 Å². The summed E-state index contributed by atoms with van der Waals surface area (Å²) in [6.45, 7) is 2.28. The van der Waals surface area contributed by atoms with Gasteiger partial charge < -0.3 is 0 Å². The Morgan fingerprint density at radius 2 is 2.18 bits per heavy atom. The van der Waals surface area contributed by atoms with Crippen LogP contribution < -0.4 is 4.72 Å². The lowest BCUT2D eigenvalue weighted by Crippen LogP contribution is -2.29. The summed E-state index contributed by atoms with van der Waals surface area (Å²) in [5.41, 5.74) is 0. The van der Waals surface area contributed by atoms with Gasteiger partial charge in [0.25, 0.3) is 0 Å². The maximum Gasteiger partial charge on any atom is 0.242 e. The molecule has 1 aromatic rings. The minimum Gasteiger partial charge on any atom is -0.242 e. The predicted molar refractivity (Wildman–Crippen MR) is 72.4 cm³/mol. The number of aromatic nitrogens is 1. The summed E-state index contributed by atoms with van der Waals surface area (Å²) < 4.78 is 26.2. The van der Waals surface area contributed by atoms with E-state index in [4.69, 9.17) is 23.2 Å². The Hall–Kier alpha value is -0.0100. The molecule has 0 aliphatic heterocycles.